The number of likely N-dealkylation sites (N-methyl/N-ethyl adjacent to an activating group) is 1. The second-order valence-corrected chi connectivity index (χ2v) is 6.59. The molecule has 130 valence electrons. The SMILES string of the molecule is CCC(NCCN(C)C(=O)OC(C)(C)C)c1ccc(OC)cc1. The lowest BCUT2D eigenvalue weighted by Crippen LogP contribution is -2.38. The molecule has 0 aliphatic carbocycles. The van der Waals surface area contributed by atoms with Crippen LogP contribution in [0.1, 0.15) is 45.7 Å². The maximum absolute atomic E-state index is 11.9. The number of methoxy groups -OCH3 is 1. The Bertz CT molecular complexity index is 480. The molecule has 0 bridgehead atoms. The van der Waals surface area contributed by atoms with Crippen LogP contribution in [0.3, 0.4) is 0 Å². The van der Waals surface area contributed by atoms with Crippen LogP contribution in [0.5, 0.6) is 5.75 Å². The molecule has 1 amide bonds. The van der Waals surface area contributed by atoms with Crippen molar-refractivity contribution in [2.75, 3.05) is 27.2 Å². The predicted octanol–water partition coefficient (Wildman–Crippen LogP) is 3.60. The summed E-state index contributed by atoms with van der Waals surface area (Å²) in [5.41, 5.74) is 0.751. The number of hydrogen-bond acceptors (Lipinski definition) is 4. The Morgan fingerprint density at radius 2 is 1.87 bits per heavy atom. The standard InChI is InChI=1S/C18H30N2O3/c1-7-16(14-8-10-15(22-6)11-9-14)19-12-13-20(5)17(21)23-18(2,3)4/h8-11,16,19H,7,12-13H2,1-6H3. The average Bonchev–Trinajstić information content (AvgIpc) is 2.50. The van der Waals surface area contributed by atoms with Crippen LogP contribution in [0.25, 0.3) is 0 Å². The zero-order valence-corrected chi connectivity index (χ0v) is 15.2. The molecule has 0 fully saturated rings. The number of amides is 1. The van der Waals surface area contributed by atoms with Crippen LogP contribution in [-0.2, 0) is 4.74 Å². The van der Waals surface area contributed by atoms with Crippen LogP contribution in [0, 0.1) is 0 Å². The first-order chi connectivity index (χ1) is 10.8. The Morgan fingerprint density at radius 1 is 1.26 bits per heavy atom. The van der Waals surface area contributed by atoms with Crippen molar-refractivity contribution in [2.24, 2.45) is 0 Å². The molecule has 0 heterocycles. The molecule has 0 aliphatic heterocycles. The average molecular weight is 322 g/mol. The maximum atomic E-state index is 11.9. The van der Waals surface area contributed by atoms with Crippen molar-refractivity contribution in [2.45, 2.75) is 45.8 Å². The van der Waals surface area contributed by atoms with Gasteiger partial charge in [-0.15, -0.1) is 0 Å². The summed E-state index contributed by atoms with van der Waals surface area (Å²) in [6, 6.07) is 8.32. The Kier molecular flexibility index (Phi) is 7.36. The summed E-state index contributed by atoms with van der Waals surface area (Å²) in [6.07, 6.45) is 0.680. The van der Waals surface area contributed by atoms with Gasteiger partial charge in [0.15, 0.2) is 0 Å². The molecule has 1 N–H and O–H groups in total. The number of rotatable bonds is 7. The zero-order chi connectivity index (χ0) is 17.5. The van der Waals surface area contributed by atoms with Gasteiger partial charge in [-0.3, -0.25) is 0 Å². The number of carbonyl (C=O) groups is 1. The van der Waals surface area contributed by atoms with E-state index >= 15 is 0 Å². The molecule has 5 nitrogen and oxygen atoms in total. The van der Waals surface area contributed by atoms with Gasteiger partial charge in [0.05, 0.1) is 7.11 Å². The van der Waals surface area contributed by atoms with Crippen molar-refractivity contribution < 1.29 is 14.3 Å². The van der Waals surface area contributed by atoms with Crippen molar-refractivity contribution in [3.63, 3.8) is 0 Å². The van der Waals surface area contributed by atoms with E-state index in [1.807, 2.05) is 32.9 Å². The molecule has 1 atom stereocenters. The van der Waals surface area contributed by atoms with Crippen LogP contribution < -0.4 is 10.1 Å². The first-order valence-corrected chi connectivity index (χ1v) is 8.08. The number of hydrogen-bond donors (Lipinski definition) is 1. The van der Waals surface area contributed by atoms with E-state index in [0.29, 0.717) is 13.1 Å². The van der Waals surface area contributed by atoms with Crippen LogP contribution in [0.2, 0.25) is 0 Å². The molecule has 0 radical (unpaired) electrons. The summed E-state index contributed by atoms with van der Waals surface area (Å²) in [7, 11) is 3.42. The van der Waals surface area contributed by atoms with Gasteiger partial charge in [0.1, 0.15) is 11.4 Å². The smallest absolute Gasteiger partial charge is 0.410 e. The van der Waals surface area contributed by atoms with Crippen molar-refractivity contribution in [3.05, 3.63) is 29.8 Å². The second-order valence-electron chi connectivity index (χ2n) is 6.59. The summed E-state index contributed by atoms with van der Waals surface area (Å²) in [4.78, 5) is 13.5. The predicted molar refractivity (Wildman–Crippen MR) is 92.9 cm³/mol. The number of nitrogens with one attached hydrogen (secondary N) is 1. The van der Waals surface area contributed by atoms with Gasteiger partial charge < -0.3 is 19.7 Å². The highest BCUT2D eigenvalue weighted by molar-refractivity contribution is 5.67. The van der Waals surface area contributed by atoms with E-state index in [1.165, 1.54) is 5.56 Å². The van der Waals surface area contributed by atoms with Gasteiger partial charge >= 0.3 is 6.09 Å². The van der Waals surface area contributed by atoms with Crippen LogP contribution in [0.4, 0.5) is 4.79 Å². The summed E-state index contributed by atoms with van der Waals surface area (Å²) in [5.74, 6) is 0.855. The number of nitrogens with zero attached hydrogens (tertiary/aromatic N) is 1. The Morgan fingerprint density at radius 3 is 2.35 bits per heavy atom. The monoisotopic (exact) mass is 322 g/mol. The normalized spacial score (nSPS) is 12.6. The zero-order valence-electron chi connectivity index (χ0n) is 15.2. The molecule has 0 aromatic heterocycles. The summed E-state index contributed by atoms with van der Waals surface area (Å²) in [5, 5.41) is 3.48. The van der Waals surface area contributed by atoms with E-state index in [2.05, 4.69) is 24.4 Å². The minimum atomic E-state index is -0.464. The van der Waals surface area contributed by atoms with Crippen LogP contribution >= 0.6 is 0 Å². The Hall–Kier alpha value is -1.75. The van der Waals surface area contributed by atoms with Crippen LogP contribution in [-0.4, -0.2) is 43.8 Å². The molecule has 23 heavy (non-hydrogen) atoms. The van der Waals surface area contributed by atoms with Crippen molar-refractivity contribution in [1.82, 2.24) is 10.2 Å². The lowest BCUT2D eigenvalue weighted by atomic mass is 10.0. The highest BCUT2D eigenvalue weighted by Crippen LogP contribution is 2.19. The van der Waals surface area contributed by atoms with Gasteiger partial charge in [-0.2, -0.15) is 0 Å². The van der Waals surface area contributed by atoms with Gasteiger partial charge in [-0.1, -0.05) is 19.1 Å². The summed E-state index contributed by atoms with van der Waals surface area (Å²) < 4.78 is 10.5. The molecular formula is C18H30N2O3. The number of carbonyl (C=O) groups excluding carboxylic acids is 1. The first-order valence-electron chi connectivity index (χ1n) is 8.08. The number of benzene rings is 1. The fraction of sp³-hybridized carbons (Fsp3) is 0.611. The Labute approximate surface area is 140 Å². The third-order valence-corrected chi connectivity index (χ3v) is 3.47. The molecular weight excluding hydrogens is 292 g/mol. The second kappa shape index (κ2) is 8.77. The lowest BCUT2D eigenvalue weighted by molar-refractivity contribution is 0.0299. The van der Waals surface area contributed by atoms with E-state index in [4.69, 9.17) is 9.47 Å². The Balaban J connectivity index is 2.46. The van der Waals surface area contributed by atoms with Crippen LogP contribution in [0.15, 0.2) is 24.3 Å². The van der Waals surface area contributed by atoms with Crippen molar-refractivity contribution >= 4 is 6.09 Å². The van der Waals surface area contributed by atoms with E-state index in [1.54, 1.807) is 19.1 Å². The van der Waals surface area contributed by atoms with Gasteiger partial charge in [-0.05, 0) is 44.9 Å². The highest BCUT2D eigenvalue weighted by atomic mass is 16.6. The quantitative estimate of drug-likeness (QED) is 0.833. The summed E-state index contributed by atoms with van der Waals surface area (Å²) in [6.45, 7) is 9.05. The van der Waals surface area contributed by atoms with E-state index in [9.17, 15) is 4.79 Å². The van der Waals surface area contributed by atoms with E-state index in [-0.39, 0.29) is 12.1 Å². The van der Waals surface area contributed by atoms with Gasteiger partial charge in [0.25, 0.3) is 0 Å². The van der Waals surface area contributed by atoms with E-state index < -0.39 is 5.60 Å². The molecule has 0 saturated heterocycles. The fourth-order valence-corrected chi connectivity index (χ4v) is 2.17. The highest BCUT2D eigenvalue weighted by Gasteiger charge is 2.19. The molecule has 1 rings (SSSR count). The molecule has 0 aliphatic rings. The third-order valence-electron chi connectivity index (χ3n) is 3.47. The molecule has 0 spiro atoms. The summed E-state index contributed by atoms with van der Waals surface area (Å²) >= 11 is 0. The fourth-order valence-electron chi connectivity index (χ4n) is 2.17. The first kappa shape index (κ1) is 19.3. The molecule has 0 saturated carbocycles. The topological polar surface area (TPSA) is 50.8 Å². The van der Waals surface area contributed by atoms with Gasteiger partial charge in [0.2, 0.25) is 0 Å². The molecule has 1 aromatic rings. The van der Waals surface area contributed by atoms with E-state index in [0.717, 1.165) is 12.2 Å². The molecule has 5 heteroatoms. The van der Waals surface area contributed by atoms with Gasteiger partial charge in [0, 0.05) is 26.2 Å². The third kappa shape index (κ3) is 6.91. The largest absolute Gasteiger partial charge is 0.497 e. The maximum Gasteiger partial charge on any atom is 0.410 e. The minimum absolute atomic E-state index is 0.257. The molecule has 1 unspecified atom stereocenters. The minimum Gasteiger partial charge on any atom is -0.497 e. The number of ether oxygens (including phenoxy) is 2. The lowest BCUT2D eigenvalue weighted by Gasteiger charge is -2.25. The van der Waals surface area contributed by atoms with Gasteiger partial charge in [-0.25, -0.2) is 4.79 Å². The van der Waals surface area contributed by atoms with Crippen molar-refractivity contribution in [3.8, 4) is 5.75 Å². The molecule has 1 aromatic carbocycles. The van der Waals surface area contributed by atoms with Crippen molar-refractivity contribution in [1.29, 1.82) is 0 Å².